The van der Waals surface area contributed by atoms with Gasteiger partial charge in [-0.3, -0.25) is 9.69 Å². The second-order valence-electron chi connectivity index (χ2n) is 7.09. The van der Waals surface area contributed by atoms with Gasteiger partial charge in [0.05, 0.1) is 11.3 Å². The number of fused-ring (bicyclic) bond motifs is 1. The zero-order valence-corrected chi connectivity index (χ0v) is 15.7. The number of carbonyl (C=O) groups is 1. The number of carbonyl (C=O) groups excluding carboxylic acids is 1. The van der Waals surface area contributed by atoms with E-state index in [1.165, 1.54) is 31.5 Å². The van der Waals surface area contributed by atoms with E-state index < -0.39 is 5.82 Å². The number of likely N-dealkylation sites (tertiary alicyclic amines) is 1. The molecule has 0 atom stereocenters. The van der Waals surface area contributed by atoms with Gasteiger partial charge < -0.3 is 15.4 Å². The molecular weight excluding hydrogens is 357 g/mol. The number of rotatable bonds is 6. The van der Waals surface area contributed by atoms with Crippen LogP contribution in [0.25, 0.3) is 5.57 Å². The Kier molecular flexibility index (Phi) is 5.58. The number of ether oxygens (including phenoxy) is 1. The third-order valence-corrected chi connectivity index (χ3v) is 5.14. The van der Waals surface area contributed by atoms with Crippen molar-refractivity contribution < 1.29 is 13.9 Å². The summed E-state index contributed by atoms with van der Waals surface area (Å²) in [5, 5.41) is 5.74. The second-order valence-corrected chi connectivity index (χ2v) is 7.09. The molecule has 1 saturated heterocycles. The van der Waals surface area contributed by atoms with Crippen LogP contribution in [0.1, 0.15) is 24.8 Å². The summed E-state index contributed by atoms with van der Waals surface area (Å²) < 4.78 is 19.9. The number of hydrogen-bond donors (Lipinski definition) is 2. The molecule has 2 aliphatic rings. The molecule has 0 saturated carbocycles. The van der Waals surface area contributed by atoms with Gasteiger partial charge in [0.1, 0.15) is 18.2 Å². The zero-order chi connectivity index (χ0) is 19.3. The number of benzene rings is 2. The first kappa shape index (κ1) is 18.5. The summed E-state index contributed by atoms with van der Waals surface area (Å²) in [5.74, 6) is 0.0804. The Morgan fingerprint density at radius 3 is 2.68 bits per heavy atom. The predicted molar refractivity (Wildman–Crippen MR) is 109 cm³/mol. The van der Waals surface area contributed by atoms with Gasteiger partial charge in [-0.15, -0.1) is 0 Å². The lowest BCUT2D eigenvalue weighted by atomic mass is 10.1. The fraction of sp³-hybridized carbons (Fsp3) is 0.318. The Bertz CT molecular complexity index is 874. The second kappa shape index (κ2) is 8.44. The first-order valence-electron chi connectivity index (χ1n) is 9.73. The number of halogens is 1. The quantitative estimate of drug-likeness (QED) is 0.740. The summed E-state index contributed by atoms with van der Waals surface area (Å²) in [5.41, 5.74) is 1.89. The average molecular weight is 381 g/mol. The fourth-order valence-electron chi connectivity index (χ4n) is 3.62. The van der Waals surface area contributed by atoms with Crippen LogP contribution in [-0.4, -0.2) is 37.0 Å². The highest BCUT2D eigenvalue weighted by atomic mass is 19.1. The van der Waals surface area contributed by atoms with Crippen LogP contribution >= 0.6 is 0 Å². The van der Waals surface area contributed by atoms with Crippen molar-refractivity contribution in [3.8, 4) is 5.75 Å². The van der Waals surface area contributed by atoms with Crippen LogP contribution in [-0.2, 0) is 4.79 Å². The van der Waals surface area contributed by atoms with Gasteiger partial charge >= 0.3 is 0 Å². The molecule has 2 aliphatic heterocycles. The summed E-state index contributed by atoms with van der Waals surface area (Å²) in [6, 6.07) is 12.1. The number of piperidine rings is 1. The molecule has 0 aliphatic carbocycles. The molecule has 0 aromatic heterocycles. The van der Waals surface area contributed by atoms with E-state index in [1.54, 1.807) is 12.1 Å². The minimum atomic E-state index is -0.415. The van der Waals surface area contributed by atoms with Crippen molar-refractivity contribution in [3.05, 3.63) is 60.0 Å². The number of nitrogens with zero attached hydrogens (tertiary/aromatic N) is 1. The largest absolute Gasteiger partial charge is 0.492 e. The minimum Gasteiger partial charge on any atom is -0.492 e. The molecule has 5 nitrogen and oxygen atoms in total. The Hall–Kier alpha value is -2.86. The highest BCUT2D eigenvalue weighted by Gasteiger charge is 2.27. The van der Waals surface area contributed by atoms with E-state index in [-0.39, 0.29) is 11.5 Å². The summed E-state index contributed by atoms with van der Waals surface area (Å²) in [7, 11) is 0. The topological polar surface area (TPSA) is 53.6 Å². The summed E-state index contributed by atoms with van der Waals surface area (Å²) in [6.45, 7) is 3.95. The van der Waals surface area contributed by atoms with Gasteiger partial charge in [-0.1, -0.05) is 12.5 Å². The Balaban J connectivity index is 1.34. The van der Waals surface area contributed by atoms with E-state index in [9.17, 15) is 9.18 Å². The lowest BCUT2D eigenvalue weighted by molar-refractivity contribution is -0.110. The van der Waals surface area contributed by atoms with Gasteiger partial charge in [-0.2, -0.15) is 0 Å². The van der Waals surface area contributed by atoms with Crippen LogP contribution in [0.3, 0.4) is 0 Å². The van der Waals surface area contributed by atoms with Crippen molar-refractivity contribution in [1.82, 2.24) is 4.90 Å². The molecule has 1 fully saturated rings. The molecule has 4 rings (SSSR count). The van der Waals surface area contributed by atoms with Crippen molar-refractivity contribution >= 4 is 22.9 Å². The Labute approximate surface area is 164 Å². The monoisotopic (exact) mass is 381 g/mol. The maximum atomic E-state index is 14.1. The maximum absolute atomic E-state index is 14.1. The van der Waals surface area contributed by atoms with Crippen molar-refractivity contribution in [2.45, 2.75) is 19.3 Å². The highest BCUT2D eigenvalue weighted by molar-refractivity contribution is 6.31. The van der Waals surface area contributed by atoms with Gasteiger partial charge in [0.2, 0.25) is 0 Å². The van der Waals surface area contributed by atoms with Gasteiger partial charge in [0.25, 0.3) is 5.91 Å². The summed E-state index contributed by atoms with van der Waals surface area (Å²) >= 11 is 0. The van der Waals surface area contributed by atoms with Crippen LogP contribution in [0.2, 0.25) is 0 Å². The van der Waals surface area contributed by atoms with Crippen molar-refractivity contribution in [3.63, 3.8) is 0 Å². The van der Waals surface area contributed by atoms with Gasteiger partial charge in [0, 0.05) is 24.0 Å². The molecule has 146 valence electrons. The van der Waals surface area contributed by atoms with E-state index in [1.807, 2.05) is 24.3 Å². The summed E-state index contributed by atoms with van der Waals surface area (Å²) in [4.78, 5) is 14.5. The van der Waals surface area contributed by atoms with E-state index in [2.05, 4.69) is 15.5 Å². The van der Waals surface area contributed by atoms with Crippen LogP contribution in [0, 0.1) is 5.82 Å². The fourth-order valence-corrected chi connectivity index (χ4v) is 3.62. The molecule has 0 unspecified atom stereocenters. The van der Waals surface area contributed by atoms with Crippen LogP contribution in [0.5, 0.6) is 5.75 Å². The zero-order valence-electron chi connectivity index (χ0n) is 15.7. The molecule has 2 aromatic carbocycles. The molecule has 1 amide bonds. The SMILES string of the molecule is O=C1Nc2cccc(F)c2C1=CNc1ccc(OCCN2CCCCC2)cc1. The van der Waals surface area contributed by atoms with Crippen molar-refractivity contribution in [2.75, 3.05) is 36.9 Å². The molecular formula is C22H24FN3O2. The first-order chi connectivity index (χ1) is 13.7. The molecule has 2 heterocycles. The smallest absolute Gasteiger partial charge is 0.257 e. The number of hydrogen-bond acceptors (Lipinski definition) is 4. The normalized spacial score (nSPS) is 18.0. The molecule has 28 heavy (non-hydrogen) atoms. The van der Waals surface area contributed by atoms with E-state index in [4.69, 9.17) is 4.74 Å². The first-order valence-corrected chi connectivity index (χ1v) is 9.73. The lowest BCUT2D eigenvalue weighted by Crippen LogP contribution is -2.33. The molecule has 2 aromatic rings. The third kappa shape index (κ3) is 4.17. The third-order valence-electron chi connectivity index (χ3n) is 5.14. The average Bonchev–Trinajstić information content (AvgIpc) is 3.04. The van der Waals surface area contributed by atoms with Crippen LogP contribution < -0.4 is 15.4 Å². The highest BCUT2D eigenvalue weighted by Crippen LogP contribution is 2.33. The number of amides is 1. The van der Waals surface area contributed by atoms with Gasteiger partial charge in [-0.05, 0) is 62.3 Å². The van der Waals surface area contributed by atoms with E-state index in [0.717, 1.165) is 31.1 Å². The Morgan fingerprint density at radius 2 is 1.89 bits per heavy atom. The molecule has 6 heteroatoms. The lowest BCUT2D eigenvalue weighted by Gasteiger charge is -2.26. The van der Waals surface area contributed by atoms with E-state index in [0.29, 0.717) is 17.9 Å². The van der Waals surface area contributed by atoms with E-state index >= 15 is 0 Å². The molecule has 0 radical (unpaired) electrons. The predicted octanol–water partition coefficient (Wildman–Crippen LogP) is 4.10. The number of nitrogens with one attached hydrogen (secondary N) is 2. The summed E-state index contributed by atoms with van der Waals surface area (Å²) in [6.07, 6.45) is 5.43. The number of anilines is 2. The molecule has 0 spiro atoms. The van der Waals surface area contributed by atoms with Gasteiger partial charge in [-0.25, -0.2) is 4.39 Å². The van der Waals surface area contributed by atoms with Crippen molar-refractivity contribution in [1.29, 1.82) is 0 Å². The molecule has 0 bridgehead atoms. The van der Waals surface area contributed by atoms with Crippen LogP contribution in [0.4, 0.5) is 15.8 Å². The minimum absolute atomic E-state index is 0.287. The standard InChI is InChI=1S/C22H24FN3O2/c23-19-5-4-6-20-21(19)18(22(27)25-20)15-24-16-7-9-17(10-8-16)28-14-13-26-11-2-1-3-12-26/h4-10,15,24H,1-3,11-14H2,(H,25,27). The molecule has 2 N–H and O–H groups in total. The van der Waals surface area contributed by atoms with Crippen molar-refractivity contribution in [2.24, 2.45) is 0 Å². The van der Waals surface area contributed by atoms with Gasteiger partial charge in [0.15, 0.2) is 0 Å². The maximum Gasteiger partial charge on any atom is 0.257 e. The Morgan fingerprint density at radius 1 is 1.11 bits per heavy atom. The van der Waals surface area contributed by atoms with Crippen LogP contribution in [0.15, 0.2) is 48.7 Å².